The van der Waals surface area contributed by atoms with E-state index in [1.54, 1.807) is 12.4 Å². The van der Waals surface area contributed by atoms with Crippen molar-refractivity contribution in [3.8, 4) is 0 Å². The fraction of sp³-hybridized carbons (Fsp3) is 0.579. The van der Waals surface area contributed by atoms with Crippen molar-refractivity contribution in [3.63, 3.8) is 0 Å². The minimum Gasteiger partial charge on any atom is -0.465 e. The largest absolute Gasteiger partial charge is 0.465 e. The van der Waals surface area contributed by atoms with E-state index in [9.17, 15) is 0 Å². The molecule has 4 rings (SSSR count). The zero-order valence-corrected chi connectivity index (χ0v) is 14.7. The molecule has 6 heteroatoms. The molecule has 0 saturated carbocycles. The minimum atomic E-state index is 0.256. The highest BCUT2D eigenvalue weighted by Gasteiger charge is 2.40. The summed E-state index contributed by atoms with van der Waals surface area (Å²) in [6, 6.07) is 6.03. The average molecular weight is 342 g/mol. The molecule has 134 valence electrons. The molecule has 2 fully saturated rings. The van der Waals surface area contributed by atoms with Crippen molar-refractivity contribution in [2.45, 2.75) is 32.4 Å². The molecular weight excluding hydrogens is 316 g/mol. The Hall–Kier alpha value is -1.92. The predicted molar refractivity (Wildman–Crippen MR) is 95.2 cm³/mol. The Kier molecular flexibility index (Phi) is 4.99. The molecule has 0 bridgehead atoms. The molecule has 2 aromatic heterocycles. The number of rotatable bonds is 6. The number of aryl methyl sites for hydroxylation is 1. The molecule has 6 nitrogen and oxygen atoms in total. The van der Waals surface area contributed by atoms with E-state index >= 15 is 0 Å². The second-order valence-corrected chi connectivity index (χ2v) is 6.99. The highest BCUT2D eigenvalue weighted by molar-refractivity contribution is 5.22. The second-order valence-electron chi connectivity index (χ2n) is 6.99. The third-order valence-electron chi connectivity index (χ3n) is 5.35. The lowest BCUT2D eigenvalue weighted by atomic mass is 9.84. The number of likely N-dealkylation sites (tertiary alicyclic amines) is 1. The van der Waals surface area contributed by atoms with E-state index in [-0.39, 0.29) is 6.10 Å². The van der Waals surface area contributed by atoms with Crippen molar-refractivity contribution in [1.82, 2.24) is 14.9 Å². The maximum absolute atomic E-state index is 6.07. The number of furan rings is 1. The van der Waals surface area contributed by atoms with Gasteiger partial charge in [-0.25, -0.2) is 9.97 Å². The van der Waals surface area contributed by atoms with Gasteiger partial charge in [0.05, 0.1) is 19.3 Å². The molecule has 1 N–H and O–H groups in total. The molecule has 0 spiro atoms. The summed E-state index contributed by atoms with van der Waals surface area (Å²) in [7, 11) is 0. The maximum atomic E-state index is 6.07. The zero-order chi connectivity index (χ0) is 17.1. The molecule has 2 aliphatic heterocycles. The van der Waals surface area contributed by atoms with Crippen LogP contribution in [0, 0.1) is 11.8 Å². The van der Waals surface area contributed by atoms with Crippen molar-refractivity contribution in [1.29, 1.82) is 0 Å². The minimum absolute atomic E-state index is 0.256. The highest BCUT2D eigenvalue weighted by Crippen LogP contribution is 2.35. The maximum Gasteiger partial charge on any atom is 0.222 e. The predicted octanol–water partition coefficient (Wildman–Crippen LogP) is 2.58. The van der Waals surface area contributed by atoms with Gasteiger partial charge in [0, 0.05) is 37.8 Å². The summed E-state index contributed by atoms with van der Waals surface area (Å²) in [6.07, 6.45) is 5.90. The van der Waals surface area contributed by atoms with Gasteiger partial charge in [-0.15, -0.1) is 0 Å². The van der Waals surface area contributed by atoms with Gasteiger partial charge in [0.1, 0.15) is 11.5 Å². The summed E-state index contributed by atoms with van der Waals surface area (Å²) < 4.78 is 11.9. The van der Waals surface area contributed by atoms with Crippen molar-refractivity contribution in [2.24, 2.45) is 11.8 Å². The van der Waals surface area contributed by atoms with Crippen molar-refractivity contribution >= 4 is 5.95 Å². The van der Waals surface area contributed by atoms with Crippen molar-refractivity contribution in [3.05, 3.63) is 42.1 Å². The van der Waals surface area contributed by atoms with Gasteiger partial charge >= 0.3 is 0 Å². The van der Waals surface area contributed by atoms with Gasteiger partial charge in [0.25, 0.3) is 0 Å². The monoisotopic (exact) mass is 342 g/mol. The Morgan fingerprint density at radius 3 is 2.88 bits per heavy atom. The van der Waals surface area contributed by atoms with E-state index < -0.39 is 0 Å². The number of piperidine rings is 1. The molecule has 2 saturated heterocycles. The van der Waals surface area contributed by atoms with Gasteiger partial charge in [-0.05, 0) is 37.1 Å². The topological polar surface area (TPSA) is 63.4 Å². The van der Waals surface area contributed by atoms with E-state index in [4.69, 9.17) is 9.15 Å². The van der Waals surface area contributed by atoms with Crippen LogP contribution in [0.15, 0.2) is 35.0 Å². The Morgan fingerprint density at radius 2 is 2.08 bits per heavy atom. The standard InChI is InChI=1S/C19H26N4O2/c1-2-15-4-5-16(25-15)12-23-9-6-17-14(11-23)13-24-18(17)10-22-19-20-7-3-8-21-19/h3-5,7-8,14,17-18H,2,6,9-13H2,1H3,(H,20,21,22)/t14-,17-,18-/m1/s1. The van der Waals surface area contributed by atoms with E-state index in [0.717, 1.165) is 50.7 Å². The third kappa shape index (κ3) is 3.85. The smallest absolute Gasteiger partial charge is 0.222 e. The van der Waals surface area contributed by atoms with Crippen LogP contribution in [0.3, 0.4) is 0 Å². The molecule has 25 heavy (non-hydrogen) atoms. The first-order valence-corrected chi connectivity index (χ1v) is 9.24. The summed E-state index contributed by atoms with van der Waals surface area (Å²) >= 11 is 0. The lowest BCUT2D eigenvalue weighted by Crippen LogP contribution is -2.42. The number of hydrogen-bond donors (Lipinski definition) is 1. The van der Waals surface area contributed by atoms with Crippen LogP contribution in [0.25, 0.3) is 0 Å². The first-order chi connectivity index (χ1) is 12.3. The number of ether oxygens (including phenoxy) is 1. The zero-order valence-electron chi connectivity index (χ0n) is 14.7. The fourth-order valence-electron chi connectivity index (χ4n) is 4.02. The molecule has 3 atom stereocenters. The number of nitrogens with zero attached hydrogens (tertiary/aromatic N) is 3. The Bertz CT molecular complexity index is 675. The van der Waals surface area contributed by atoms with Gasteiger partial charge in [-0.2, -0.15) is 0 Å². The van der Waals surface area contributed by atoms with Crippen LogP contribution in [0.2, 0.25) is 0 Å². The van der Waals surface area contributed by atoms with Crippen LogP contribution >= 0.6 is 0 Å². The number of fused-ring (bicyclic) bond motifs is 1. The first kappa shape index (κ1) is 16.5. The molecular formula is C19H26N4O2. The van der Waals surface area contributed by atoms with Crippen molar-refractivity contribution in [2.75, 3.05) is 31.6 Å². The number of anilines is 1. The van der Waals surface area contributed by atoms with Crippen molar-refractivity contribution < 1.29 is 9.15 Å². The van der Waals surface area contributed by atoms with Gasteiger partial charge in [-0.1, -0.05) is 6.92 Å². The molecule has 0 aliphatic carbocycles. The van der Waals surface area contributed by atoms with Crippen LogP contribution in [-0.4, -0.2) is 47.2 Å². The SMILES string of the molecule is CCc1ccc(CN2CC[C@@H]3[C@@H](CO[C@@H]3CNc3ncccn3)C2)o1. The molecule has 0 unspecified atom stereocenters. The van der Waals surface area contributed by atoms with E-state index in [1.165, 1.54) is 6.42 Å². The summed E-state index contributed by atoms with van der Waals surface area (Å²) in [5, 5.41) is 3.30. The molecule has 0 amide bonds. The number of nitrogens with one attached hydrogen (secondary N) is 1. The quantitative estimate of drug-likeness (QED) is 0.870. The molecule has 2 aromatic rings. The van der Waals surface area contributed by atoms with Gasteiger partial charge in [-0.3, -0.25) is 4.90 Å². The van der Waals surface area contributed by atoms with Gasteiger partial charge in [0.2, 0.25) is 5.95 Å². The lowest BCUT2D eigenvalue weighted by molar-refractivity contribution is 0.0937. The van der Waals surface area contributed by atoms with Crippen LogP contribution in [0.5, 0.6) is 0 Å². The number of hydrogen-bond acceptors (Lipinski definition) is 6. The van der Waals surface area contributed by atoms with Crippen LogP contribution < -0.4 is 5.32 Å². The summed E-state index contributed by atoms with van der Waals surface area (Å²) in [5.41, 5.74) is 0. The first-order valence-electron chi connectivity index (χ1n) is 9.24. The average Bonchev–Trinajstić information content (AvgIpc) is 3.27. The lowest BCUT2D eigenvalue weighted by Gasteiger charge is -2.35. The van der Waals surface area contributed by atoms with E-state index in [2.05, 4.69) is 39.2 Å². The molecule has 4 heterocycles. The van der Waals surface area contributed by atoms with Gasteiger partial charge < -0.3 is 14.5 Å². The molecule has 2 aliphatic rings. The van der Waals surface area contributed by atoms with Crippen LogP contribution in [0.4, 0.5) is 5.95 Å². The molecule has 0 radical (unpaired) electrons. The third-order valence-corrected chi connectivity index (χ3v) is 5.35. The Labute approximate surface area is 148 Å². The fourth-order valence-corrected chi connectivity index (χ4v) is 4.02. The van der Waals surface area contributed by atoms with Crippen LogP contribution in [0.1, 0.15) is 24.9 Å². The normalized spacial score (nSPS) is 26.5. The van der Waals surface area contributed by atoms with Crippen LogP contribution in [-0.2, 0) is 17.7 Å². The Morgan fingerprint density at radius 1 is 1.24 bits per heavy atom. The summed E-state index contributed by atoms with van der Waals surface area (Å²) in [5.74, 6) is 4.06. The van der Waals surface area contributed by atoms with E-state index in [1.807, 2.05) is 6.07 Å². The highest BCUT2D eigenvalue weighted by atomic mass is 16.5. The summed E-state index contributed by atoms with van der Waals surface area (Å²) in [6.45, 7) is 6.85. The molecule has 0 aromatic carbocycles. The summed E-state index contributed by atoms with van der Waals surface area (Å²) in [4.78, 5) is 10.9. The Balaban J connectivity index is 1.28. The van der Waals surface area contributed by atoms with E-state index in [0.29, 0.717) is 17.8 Å². The van der Waals surface area contributed by atoms with Gasteiger partial charge in [0.15, 0.2) is 0 Å². The second kappa shape index (κ2) is 7.54. The number of aromatic nitrogens is 2.